The third kappa shape index (κ3) is 4.13. The zero-order valence-electron chi connectivity index (χ0n) is 17.7. The first kappa shape index (κ1) is 20.2. The van der Waals surface area contributed by atoms with Crippen molar-refractivity contribution < 1.29 is 14.3 Å². The summed E-state index contributed by atoms with van der Waals surface area (Å²) in [6.07, 6.45) is 5.36. The zero-order valence-corrected chi connectivity index (χ0v) is 17.7. The van der Waals surface area contributed by atoms with Crippen LogP contribution in [0.1, 0.15) is 46.0 Å². The van der Waals surface area contributed by atoms with Gasteiger partial charge in [0.1, 0.15) is 0 Å². The highest BCUT2D eigenvalue weighted by Crippen LogP contribution is 2.50. The fourth-order valence-electron chi connectivity index (χ4n) is 5.58. The quantitative estimate of drug-likeness (QED) is 0.777. The summed E-state index contributed by atoms with van der Waals surface area (Å²) in [5, 5.41) is 0. The second-order valence-corrected chi connectivity index (χ2v) is 8.92. The van der Waals surface area contributed by atoms with E-state index in [9.17, 15) is 9.59 Å². The largest absolute Gasteiger partial charge is 0.450 e. The van der Waals surface area contributed by atoms with Crippen LogP contribution >= 0.6 is 0 Å². The minimum absolute atomic E-state index is 0.127. The van der Waals surface area contributed by atoms with Gasteiger partial charge in [-0.15, -0.1) is 0 Å². The SMILES string of the molecule is CCOC(=O)N1CCC2(CC(N3CCC(N(C(C)=O)c4ccccc4)CC3)C2)C1. The van der Waals surface area contributed by atoms with Crippen molar-refractivity contribution in [3.05, 3.63) is 30.3 Å². The third-order valence-corrected chi connectivity index (χ3v) is 7.06. The van der Waals surface area contributed by atoms with Gasteiger partial charge in [-0.2, -0.15) is 0 Å². The first-order valence-electron chi connectivity index (χ1n) is 11.0. The van der Waals surface area contributed by atoms with Crippen LogP contribution in [-0.2, 0) is 9.53 Å². The van der Waals surface area contributed by atoms with Gasteiger partial charge in [0.25, 0.3) is 0 Å². The Hall–Kier alpha value is -2.08. The molecule has 3 fully saturated rings. The van der Waals surface area contributed by atoms with Crippen LogP contribution < -0.4 is 4.90 Å². The van der Waals surface area contributed by atoms with E-state index in [0.29, 0.717) is 18.1 Å². The van der Waals surface area contributed by atoms with Gasteiger partial charge < -0.3 is 19.4 Å². The number of para-hydroxylation sites is 1. The number of piperidine rings is 1. The lowest BCUT2D eigenvalue weighted by Crippen LogP contribution is -2.56. The Bertz CT molecular complexity index is 724. The van der Waals surface area contributed by atoms with Crippen LogP contribution in [0.25, 0.3) is 0 Å². The number of benzene rings is 1. The van der Waals surface area contributed by atoms with E-state index < -0.39 is 0 Å². The van der Waals surface area contributed by atoms with Gasteiger partial charge in [-0.1, -0.05) is 18.2 Å². The van der Waals surface area contributed by atoms with Gasteiger partial charge in [0.05, 0.1) is 6.61 Å². The van der Waals surface area contributed by atoms with Crippen LogP contribution in [0, 0.1) is 5.41 Å². The molecular weight excluding hydrogens is 366 g/mol. The molecule has 2 amide bonds. The zero-order chi connectivity index (χ0) is 20.4. The van der Waals surface area contributed by atoms with Crippen LogP contribution in [0.4, 0.5) is 10.5 Å². The normalized spacial score (nSPS) is 27.7. The van der Waals surface area contributed by atoms with Crippen molar-refractivity contribution in [1.82, 2.24) is 9.80 Å². The summed E-state index contributed by atoms with van der Waals surface area (Å²) < 4.78 is 5.17. The fraction of sp³-hybridized carbons (Fsp3) is 0.652. The Kier molecular flexibility index (Phi) is 5.81. The molecule has 1 aromatic carbocycles. The lowest BCUT2D eigenvalue weighted by atomic mass is 9.64. The molecule has 1 saturated carbocycles. The van der Waals surface area contributed by atoms with Gasteiger partial charge in [0, 0.05) is 50.9 Å². The molecule has 0 bridgehead atoms. The molecule has 0 unspecified atom stereocenters. The Morgan fingerprint density at radius 1 is 1.14 bits per heavy atom. The van der Waals surface area contributed by atoms with Gasteiger partial charge in [-0.25, -0.2) is 4.79 Å². The molecule has 1 aromatic rings. The molecule has 3 aliphatic rings. The Morgan fingerprint density at radius 2 is 1.83 bits per heavy atom. The van der Waals surface area contributed by atoms with E-state index in [-0.39, 0.29) is 18.0 Å². The van der Waals surface area contributed by atoms with Crippen LogP contribution in [0.5, 0.6) is 0 Å². The first-order chi connectivity index (χ1) is 14.0. The summed E-state index contributed by atoms with van der Waals surface area (Å²) in [4.78, 5) is 30.8. The van der Waals surface area contributed by atoms with Crippen molar-refractivity contribution in [2.45, 2.75) is 58.0 Å². The maximum absolute atomic E-state index is 12.3. The molecule has 1 spiro atoms. The van der Waals surface area contributed by atoms with E-state index in [1.165, 1.54) is 12.8 Å². The Labute approximate surface area is 173 Å². The number of amides is 2. The smallest absolute Gasteiger partial charge is 0.409 e. The molecule has 6 heteroatoms. The van der Waals surface area contributed by atoms with E-state index in [2.05, 4.69) is 4.90 Å². The molecular formula is C23H33N3O3. The predicted molar refractivity (Wildman–Crippen MR) is 113 cm³/mol. The summed E-state index contributed by atoms with van der Waals surface area (Å²) in [6.45, 7) is 7.75. The van der Waals surface area contributed by atoms with E-state index >= 15 is 0 Å². The molecule has 1 aliphatic carbocycles. The standard InChI is InChI=1S/C23H33N3O3/c1-3-29-22(28)25-14-11-23(17-25)15-21(16-23)24-12-9-20(10-13-24)26(18(2)27)19-7-5-4-6-8-19/h4-8,20-21H,3,9-17H2,1-2H3. The van der Waals surface area contributed by atoms with Crippen molar-refractivity contribution in [1.29, 1.82) is 0 Å². The molecule has 0 atom stereocenters. The lowest BCUT2D eigenvalue weighted by Gasteiger charge is -2.52. The number of carbonyl (C=O) groups excluding carboxylic acids is 2. The van der Waals surface area contributed by atoms with E-state index in [1.807, 2.05) is 47.1 Å². The second-order valence-electron chi connectivity index (χ2n) is 8.92. The number of anilines is 1. The lowest BCUT2D eigenvalue weighted by molar-refractivity contribution is -0.117. The highest BCUT2D eigenvalue weighted by atomic mass is 16.6. The monoisotopic (exact) mass is 399 g/mol. The highest BCUT2D eigenvalue weighted by Gasteiger charge is 2.51. The van der Waals surface area contributed by atoms with Crippen molar-refractivity contribution in [3.8, 4) is 0 Å². The van der Waals surface area contributed by atoms with E-state index in [0.717, 1.165) is 51.1 Å². The molecule has 0 N–H and O–H groups in total. The minimum atomic E-state index is -0.154. The molecule has 2 saturated heterocycles. The number of rotatable bonds is 4. The third-order valence-electron chi connectivity index (χ3n) is 7.06. The summed E-state index contributed by atoms with van der Waals surface area (Å²) in [5.74, 6) is 0.127. The van der Waals surface area contributed by atoms with Crippen molar-refractivity contribution >= 4 is 17.7 Å². The first-order valence-corrected chi connectivity index (χ1v) is 11.0. The maximum Gasteiger partial charge on any atom is 0.409 e. The van der Waals surface area contributed by atoms with Crippen LogP contribution in [0.15, 0.2) is 30.3 Å². The number of carbonyl (C=O) groups is 2. The van der Waals surface area contributed by atoms with Gasteiger partial charge in [-0.3, -0.25) is 4.79 Å². The number of likely N-dealkylation sites (tertiary alicyclic amines) is 2. The van der Waals surface area contributed by atoms with E-state index in [4.69, 9.17) is 4.74 Å². The van der Waals surface area contributed by atoms with Crippen LogP contribution in [0.2, 0.25) is 0 Å². The Balaban J connectivity index is 1.28. The fourth-order valence-corrected chi connectivity index (χ4v) is 5.58. The van der Waals surface area contributed by atoms with Crippen molar-refractivity contribution in [3.63, 3.8) is 0 Å². The molecule has 0 aromatic heterocycles. The topological polar surface area (TPSA) is 53.1 Å². The number of hydrogen-bond donors (Lipinski definition) is 0. The molecule has 4 rings (SSSR count). The van der Waals surface area contributed by atoms with Gasteiger partial charge >= 0.3 is 6.09 Å². The Morgan fingerprint density at radius 3 is 2.45 bits per heavy atom. The molecule has 158 valence electrons. The highest BCUT2D eigenvalue weighted by molar-refractivity contribution is 5.92. The summed E-state index contributed by atoms with van der Waals surface area (Å²) >= 11 is 0. The van der Waals surface area contributed by atoms with Crippen molar-refractivity contribution in [2.24, 2.45) is 5.41 Å². The molecule has 2 heterocycles. The predicted octanol–water partition coefficient (Wildman–Crippen LogP) is 3.51. The maximum atomic E-state index is 12.3. The molecule has 0 radical (unpaired) electrons. The average molecular weight is 400 g/mol. The second kappa shape index (κ2) is 8.34. The average Bonchev–Trinajstić information content (AvgIpc) is 3.15. The van der Waals surface area contributed by atoms with E-state index in [1.54, 1.807) is 6.92 Å². The van der Waals surface area contributed by atoms with Gasteiger partial charge in [0.15, 0.2) is 0 Å². The van der Waals surface area contributed by atoms with Crippen LogP contribution in [0.3, 0.4) is 0 Å². The molecule has 2 aliphatic heterocycles. The van der Waals surface area contributed by atoms with Crippen molar-refractivity contribution in [2.75, 3.05) is 37.7 Å². The summed E-state index contributed by atoms with van der Waals surface area (Å²) in [7, 11) is 0. The van der Waals surface area contributed by atoms with Crippen LogP contribution in [-0.4, -0.2) is 66.7 Å². The number of ether oxygens (including phenoxy) is 1. The van der Waals surface area contributed by atoms with Gasteiger partial charge in [-0.05, 0) is 56.6 Å². The molecule has 29 heavy (non-hydrogen) atoms. The molecule has 6 nitrogen and oxygen atoms in total. The summed E-state index contributed by atoms with van der Waals surface area (Å²) in [6, 6.07) is 10.9. The number of hydrogen-bond acceptors (Lipinski definition) is 4. The van der Waals surface area contributed by atoms with Gasteiger partial charge in [0.2, 0.25) is 5.91 Å². The minimum Gasteiger partial charge on any atom is -0.450 e. The summed E-state index contributed by atoms with van der Waals surface area (Å²) in [5.41, 5.74) is 1.31. The number of nitrogens with zero attached hydrogens (tertiary/aromatic N) is 3.